The van der Waals surface area contributed by atoms with Gasteiger partial charge in [-0.15, -0.1) is 0 Å². The molecule has 114 valence electrons. The summed E-state index contributed by atoms with van der Waals surface area (Å²) in [6.07, 6.45) is 3.27. The highest BCUT2D eigenvalue weighted by atomic mass is 19.3. The second kappa shape index (κ2) is 7.68. The average molecular weight is 296 g/mol. The van der Waals surface area contributed by atoms with Gasteiger partial charge in [-0.2, -0.15) is 13.9 Å². The minimum atomic E-state index is -2.79. The van der Waals surface area contributed by atoms with Gasteiger partial charge in [0.15, 0.2) is 0 Å². The van der Waals surface area contributed by atoms with Gasteiger partial charge in [0.25, 0.3) is 0 Å². The van der Waals surface area contributed by atoms with Crippen LogP contribution in [-0.2, 0) is 6.42 Å². The number of benzene rings is 1. The van der Waals surface area contributed by atoms with Gasteiger partial charge >= 0.3 is 6.61 Å². The second-order valence-electron chi connectivity index (χ2n) is 4.66. The summed E-state index contributed by atoms with van der Waals surface area (Å²) in [5.74, 6) is 1.05. The van der Waals surface area contributed by atoms with Crippen LogP contribution in [0.5, 0.6) is 5.75 Å². The largest absolute Gasteiger partial charge is 0.435 e. The Balaban J connectivity index is 1.73. The number of ether oxygens (including phenoxy) is 1. The topological polar surface area (TPSA) is 62.8 Å². The molecule has 21 heavy (non-hydrogen) atoms. The van der Waals surface area contributed by atoms with Gasteiger partial charge in [-0.25, -0.2) is 4.98 Å². The zero-order valence-electron chi connectivity index (χ0n) is 11.7. The van der Waals surface area contributed by atoms with Gasteiger partial charge in [-0.3, -0.25) is 5.10 Å². The molecule has 2 aromatic rings. The third kappa shape index (κ3) is 5.11. The molecule has 0 saturated heterocycles. The van der Waals surface area contributed by atoms with E-state index in [4.69, 9.17) is 0 Å². The normalized spacial score (nSPS) is 12.6. The monoisotopic (exact) mass is 296 g/mol. The van der Waals surface area contributed by atoms with Crippen molar-refractivity contribution in [3.05, 3.63) is 42.0 Å². The lowest BCUT2D eigenvalue weighted by atomic mass is 10.1. The van der Waals surface area contributed by atoms with E-state index in [-0.39, 0.29) is 11.8 Å². The van der Waals surface area contributed by atoms with E-state index >= 15 is 0 Å². The molecule has 0 aliphatic heterocycles. The number of H-pyrrole nitrogens is 1. The van der Waals surface area contributed by atoms with Crippen LogP contribution in [0.3, 0.4) is 0 Å². The Morgan fingerprint density at radius 1 is 1.29 bits per heavy atom. The summed E-state index contributed by atoms with van der Waals surface area (Å²) in [5.41, 5.74) is 1.02. The summed E-state index contributed by atoms with van der Waals surface area (Å²) in [5, 5.41) is 9.98. The highest BCUT2D eigenvalue weighted by molar-refractivity contribution is 5.28. The molecule has 0 spiro atoms. The Kier molecular flexibility index (Phi) is 5.62. The van der Waals surface area contributed by atoms with Crippen LogP contribution in [0.2, 0.25) is 0 Å². The van der Waals surface area contributed by atoms with E-state index in [2.05, 4.69) is 25.2 Å². The predicted octanol–water partition coefficient (Wildman–Crippen LogP) is 2.69. The molecule has 0 fully saturated rings. The second-order valence-corrected chi connectivity index (χ2v) is 4.66. The molecule has 1 aromatic carbocycles. The number of aryl methyl sites for hydroxylation is 1. The Labute approximate surface area is 121 Å². The number of aromatic amines is 1. The van der Waals surface area contributed by atoms with E-state index in [0.717, 1.165) is 30.8 Å². The first kappa shape index (κ1) is 15.4. The highest BCUT2D eigenvalue weighted by Gasteiger charge is 2.07. The molecule has 5 nitrogen and oxygen atoms in total. The minimum absolute atomic E-state index is 0.139. The van der Waals surface area contributed by atoms with Crippen molar-refractivity contribution in [1.82, 2.24) is 20.5 Å². The van der Waals surface area contributed by atoms with Crippen LogP contribution in [0.25, 0.3) is 0 Å². The van der Waals surface area contributed by atoms with Crippen molar-refractivity contribution in [1.29, 1.82) is 0 Å². The first-order valence-electron chi connectivity index (χ1n) is 6.77. The Morgan fingerprint density at radius 3 is 2.67 bits per heavy atom. The van der Waals surface area contributed by atoms with Crippen molar-refractivity contribution in [3.63, 3.8) is 0 Å². The SMILES string of the molecule is CC(NCCCc1ncn[nH]1)c1ccc(OC(F)F)cc1. The van der Waals surface area contributed by atoms with Gasteiger partial charge in [0.05, 0.1) is 0 Å². The first-order valence-corrected chi connectivity index (χ1v) is 6.77. The quantitative estimate of drug-likeness (QED) is 0.735. The van der Waals surface area contributed by atoms with Gasteiger partial charge < -0.3 is 10.1 Å². The number of halogens is 2. The molecule has 0 bridgehead atoms. The lowest BCUT2D eigenvalue weighted by Gasteiger charge is -2.14. The van der Waals surface area contributed by atoms with Crippen molar-refractivity contribution in [2.24, 2.45) is 0 Å². The molecule has 2 N–H and O–H groups in total. The van der Waals surface area contributed by atoms with Crippen LogP contribution in [-0.4, -0.2) is 28.3 Å². The van der Waals surface area contributed by atoms with Gasteiger partial charge in [0, 0.05) is 12.5 Å². The molecule has 1 heterocycles. The zero-order chi connectivity index (χ0) is 15.1. The predicted molar refractivity (Wildman–Crippen MR) is 74.2 cm³/mol. The van der Waals surface area contributed by atoms with Crippen LogP contribution in [0, 0.1) is 0 Å². The third-order valence-electron chi connectivity index (χ3n) is 3.11. The van der Waals surface area contributed by atoms with Crippen LogP contribution in [0.15, 0.2) is 30.6 Å². The van der Waals surface area contributed by atoms with Crippen LogP contribution in [0.4, 0.5) is 8.78 Å². The molecule has 1 unspecified atom stereocenters. The third-order valence-corrected chi connectivity index (χ3v) is 3.11. The van der Waals surface area contributed by atoms with Crippen LogP contribution >= 0.6 is 0 Å². The van der Waals surface area contributed by atoms with E-state index in [9.17, 15) is 8.78 Å². The Morgan fingerprint density at radius 2 is 2.05 bits per heavy atom. The Bertz CT molecular complexity index is 516. The number of rotatable bonds is 8. The van der Waals surface area contributed by atoms with Gasteiger partial charge in [0.1, 0.15) is 17.9 Å². The molecule has 0 aliphatic rings. The van der Waals surface area contributed by atoms with Crippen molar-refractivity contribution in [2.75, 3.05) is 6.54 Å². The van der Waals surface area contributed by atoms with Gasteiger partial charge in [0.2, 0.25) is 0 Å². The lowest BCUT2D eigenvalue weighted by Crippen LogP contribution is -2.20. The number of hydrogen-bond donors (Lipinski definition) is 2. The van der Waals surface area contributed by atoms with E-state index in [1.54, 1.807) is 24.3 Å². The summed E-state index contributed by atoms with van der Waals surface area (Å²) in [7, 11) is 0. The molecule has 0 radical (unpaired) electrons. The van der Waals surface area contributed by atoms with E-state index in [1.165, 1.54) is 6.33 Å². The fraction of sp³-hybridized carbons (Fsp3) is 0.429. The summed E-state index contributed by atoms with van der Waals surface area (Å²) in [6, 6.07) is 6.81. The fourth-order valence-corrected chi connectivity index (χ4v) is 1.98. The number of nitrogens with one attached hydrogen (secondary N) is 2. The lowest BCUT2D eigenvalue weighted by molar-refractivity contribution is -0.0498. The molecular formula is C14H18F2N4O. The maximum Gasteiger partial charge on any atom is 0.387 e. The number of hydrogen-bond acceptors (Lipinski definition) is 4. The molecule has 7 heteroatoms. The molecule has 0 aliphatic carbocycles. The fourth-order valence-electron chi connectivity index (χ4n) is 1.98. The van der Waals surface area contributed by atoms with E-state index in [0.29, 0.717) is 0 Å². The van der Waals surface area contributed by atoms with Crippen molar-refractivity contribution in [3.8, 4) is 5.75 Å². The van der Waals surface area contributed by atoms with Gasteiger partial charge in [-0.05, 0) is 37.6 Å². The number of alkyl halides is 2. The first-order chi connectivity index (χ1) is 10.1. The maximum atomic E-state index is 12.1. The Hall–Kier alpha value is -2.02. The smallest absolute Gasteiger partial charge is 0.387 e. The van der Waals surface area contributed by atoms with Crippen molar-refractivity contribution >= 4 is 0 Å². The van der Waals surface area contributed by atoms with E-state index in [1.807, 2.05) is 6.92 Å². The van der Waals surface area contributed by atoms with Crippen LogP contribution in [0.1, 0.15) is 30.8 Å². The molecular weight excluding hydrogens is 278 g/mol. The van der Waals surface area contributed by atoms with E-state index < -0.39 is 6.61 Å². The van der Waals surface area contributed by atoms with Crippen LogP contribution < -0.4 is 10.1 Å². The van der Waals surface area contributed by atoms with Crippen molar-refractivity contribution < 1.29 is 13.5 Å². The maximum absolute atomic E-state index is 12.1. The summed E-state index contributed by atoms with van der Waals surface area (Å²) in [6.45, 7) is 0.0664. The number of aromatic nitrogens is 3. The zero-order valence-corrected chi connectivity index (χ0v) is 11.7. The molecule has 2 rings (SSSR count). The summed E-state index contributed by atoms with van der Waals surface area (Å²) >= 11 is 0. The van der Waals surface area contributed by atoms with Crippen molar-refractivity contribution in [2.45, 2.75) is 32.4 Å². The molecule has 1 aromatic heterocycles. The average Bonchev–Trinajstić information content (AvgIpc) is 2.97. The number of nitrogens with zero attached hydrogens (tertiary/aromatic N) is 2. The van der Waals surface area contributed by atoms with Gasteiger partial charge in [-0.1, -0.05) is 12.1 Å². The minimum Gasteiger partial charge on any atom is -0.435 e. The standard InChI is InChI=1S/C14H18F2N4O/c1-10(17-8-2-3-13-18-9-19-20-13)11-4-6-12(7-5-11)21-14(15)16/h4-7,9-10,14,17H,2-3,8H2,1H3,(H,18,19,20). The molecule has 0 saturated carbocycles. The summed E-state index contributed by atoms with van der Waals surface area (Å²) < 4.78 is 28.4. The molecule has 0 amide bonds. The summed E-state index contributed by atoms with van der Waals surface area (Å²) in [4.78, 5) is 4.05. The highest BCUT2D eigenvalue weighted by Crippen LogP contribution is 2.19. The molecule has 1 atom stereocenters.